The van der Waals surface area contributed by atoms with Gasteiger partial charge in [0.2, 0.25) is 5.91 Å². The van der Waals surface area contributed by atoms with Crippen LogP contribution < -0.4 is 5.73 Å². The Morgan fingerprint density at radius 3 is 2.76 bits per heavy atom. The Labute approximate surface area is 102 Å². The molecule has 2 N–H and O–H groups in total. The van der Waals surface area contributed by atoms with Gasteiger partial charge in [-0.2, -0.15) is 0 Å². The van der Waals surface area contributed by atoms with Gasteiger partial charge in [-0.1, -0.05) is 19.1 Å². The number of likely N-dealkylation sites (N-methyl/N-ethyl adjacent to an activating group) is 1. The molecular formula is C11H21N5O. The molecule has 0 radical (unpaired) electrons. The highest BCUT2D eigenvalue weighted by Gasteiger charge is 2.13. The van der Waals surface area contributed by atoms with E-state index in [2.05, 4.69) is 24.2 Å². The number of amides is 1. The SMILES string of the molecule is CC(C)C(N)CCN(C)C(=O)Cn1ccnn1. The molecule has 0 aromatic carbocycles. The summed E-state index contributed by atoms with van der Waals surface area (Å²) in [4.78, 5) is 13.5. The van der Waals surface area contributed by atoms with Crippen LogP contribution in [0.25, 0.3) is 0 Å². The number of nitrogens with zero attached hydrogens (tertiary/aromatic N) is 4. The van der Waals surface area contributed by atoms with Crippen LogP contribution >= 0.6 is 0 Å². The molecule has 96 valence electrons. The van der Waals surface area contributed by atoms with Crippen LogP contribution in [0.2, 0.25) is 0 Å². The molecule has 0 aliphatic rings. The van der Waals surface area contributed by atoms with Crippen LogP contribution in [0.4, 0.5) is 0 Å². The van der Waals surface area contributed by atoms with E-state index in [1.54, 1.807) is 24.3 Å². The molecule has 17 heavy (non-hydrogen) atoms. The molecule has 1 rings (SSSR count). The molecule has 1 aromatic heterocycles. The summed E-state index contributed by atoms with van der Waals surface area (Å²) >= 11 is 0. The molecule has 0 fully saturated rings. The third-order valence-corrected chi connectivity index (χ3v) is 2.85. The third-order valence-electron chi connectivity index (χ3n) is 2.85. The van der Waals surface area contributed by atoms with Gasteiger partial charge in [-0.15, -0.1) is 5.10 Å². The summed E-state index contributed by atoms with van der Waals surface area (Å²) in [5.74, 6) is 0.459. The highest BCUT2D eigenvalue weighted by Crippen LogP contribution is 2.03. The average molecular weight is 239 g/mol. The van der Waals surface area contributed by atoms with Crippen molar-refractivity contribution in [2.75, 3.05) is 13.6 Å². The quantitative estimate of drug-likeness (QED) is 0.764. The van der Waals surface area contributed by atoms with Crippen molar-refractivity contribution in [3.05, 3.63) is 12.4 Å². The number of nitrogens with two attached hydrogens (primary N) is 1. The molecule has 0 spiro atoms. The third kappa shape index (κ3) is 4.52. The Kier molecular flexibility index (Phi) is 5.09. The predicted molar refractivity (Wildman–Crippen MR) is 65.1 cm³/mol. The minimum Gasteiger partial charge on any atom is -0.344 e. The average Bonchev–Trinajstić information content (AvgIpc) is 2.77. The summed E-state index contributed by atoms with van der Waals surface area (Å²) in [7, 11) is 1.78. The topological polar surface area (TPSA) is 77.0 Å². The fourth-order valence-electron chi connectivity index (χ4n) is 1.38. The van der Waals surface area contributed by atoms with Crippen LogP contribution in [-0.2, 0) is 11.3 Å². The highest BCUT2D eigenvalue weighted by molar-refractivity contribution is 5.75. The summed E-state index contributed by atoms with van der Waals surface area (Å²) in [6.07, 6.45) is 4.05. The maximum atomic E-state index is 11.8. The van der Waals surface area contributed by atoms with Crippen LogP contribution in [0.1, 0.15) is 20.3 Å². The minimum absolute atomic E-state index is 0.0199. The smallest absolute Gasteiger partial charge is 0.244 e. The van der Waals surface area contributed by atoms with Crippen LogP contribution in [0.5, 0.6) is 0 Å². The number of aromatic nitrogens is 3. The molecule has 0 bridgehead atoms. The van der Waals surface area contributed by atoms with E-state index in [-0.39, 0.29) is 18.5 Å². The Morgan fingerprint density at radius 2 is 2.24 bits per heavy atom. The van der Waals surface area contributed by atoms with E-state index in [4.69, 9.17) is 5.73 Å². The second-order valence-electron chi connectivity index (χ2n) is 4.61. The predicted octanol–water partition coefficient (Wildman–Crippen LogP) is 0.110. The van der Waals surface area contributed by atoms with Crippen molar-refractivity contribution in [2.24, 2.45) is 11.7 Å². The Balaban J connectivity index is 2.32. The maximum Gasteiger partial charge on any atom is 0.244 e. The zero-order chi connectivity index (χ0) is 12.8. The first kappa shape index (κ1) is 13.6. The minimum atomic E-state index is 0.0199. The Hall–Kier alpha value is -1.43. The van der Waals surface area contributed by atoms with Gasteiger partial charge in [0.15, 0.2) is 0 Å². The molecule has 1 amide bonds. The van der Waals surface area contributed by atoms with Gasteiger partial charge in [0.05, 0.1) is 6.20 Å². The molecule has 1 heterocycles. The second kappa shape index (κ2) is 6.34. The van der Waals surface area contributed by atoms with Crippen molar-refractivity contribution in [2.45, 2.75) is 32.9 Å². The first-order chi connectivity index (χ1) is 8.00. The molecule has 6 heteroatoms. The summed E-state index contributed by atoms with van der Waals surface area (Å²) in [5, 5.41) is 7.41. The van der Waals surface area contributed by atoms with Crippen LogP contribution in [0.3, 0.4) is 0 Å². The number of hydrogen-bond donors (Lipinski definition) is 1. The van der Waals surface area contributed by atoms with Crippen LogP contribution in [0.15, 0.2) is 12.4 Å². The van der Waals surface area contributed by atoms with Gasteiger partial charge < -0.3 is 10.6 Å². The van der Waals surface area contributed by atoms with E-state index in [0.29, 0.717) is 12.5 Å². The normalized spacial score (nSPS) is 12.8. The standard InChI is InChI=1S/C11H21N5O/c1-9(2)10(12)4-6-15(3)11(17)8-16-7-5-13-14-16/h5,7,9-10H,4,6,8,12H2,1-3H3. The Bertz CT molecular complexity index is 336. The van der Waals surface area contributed by atoms with Gasteiger partial charge in [-0.25, -0.2) is 4.68 Å². The van der Waals surface area contributed by atoms with Gasteiger partial charge in [0.25, 0.3) is 0 Å². The van der Waals surface area contributed by atoms with Crippen molar-refractivity contribution in [3.63, 3.8) is 0 Å². The summed E-state index contributed by atoms with van der Waals surface area (Å²) in [5.41, 5.74) is 5.94. The molecule has 1 aromatic rings. The number of carbonyl (C=O) groups excluding carboxylic acids is 1. The summed E-state index contributed by atoms with van der Waals surface area (Å²) in [6.45, 7) is 5.07. The van der Waals surface area contributed by atoms with Gasteiger partial charge in [0.1, 0.15) is 6.54 Å². The highest BCUT2D eigenvalue weighted by atomic mass is 16.2. The van der Waals surface area contributed by atoms with Gasteiger partial charge >= 0.3 is 0 Å². The number of hydrogen-bond acceptors (Lipinski definition) is 4. The Morgan fingerprint density at radius 1 is 1.53 bits per heavy atom. The van der Waals surface area contributed by atoms with E-state index in [9.17, 15) is 4.79 Å². The zero-order valence-corrected chi connectivity index (χ0v) is 10.7. The molecule has 0 saturated carbocycles. The summed E-state index contributed by atoms with van der Waals surface area (Å²) in [6, 6.07) is 0.136. The lowest BCUT2D eigenvalue weighted by Gasteiger charge is -2.21. The van der Waals surface area contributed by atoms with E-state index in [0.717, 1.165) is 6.42 Å². The molecular weight excluding hydrogens is 218 g/mol. The molecule has 0 saturated heterocycles. The van der Waals surface area contributed by atoms with Crippen molar-refractivity contribution in [1.29, 1.82) is 0 Å². The van der Waals surface area contributed by atoms with Gasteiger partial charge in [-0.05, 0) is 12.3 Å². The molecule has 6 nitrogen and oxygen atoms in total. The fourth-order valence-corrected chi connectivity index (χ4v) is 1.38. The lowest BCUT2D eigenvalue weighted by atomic mass is 10.0. The van der Waals surface area contributed by atoms with E-state index in [1.165, 1.54) is 4.68 Å². The first-order valence-electron chi connectivity index (χ1n) is 5.84. The van der Waals surface area contributed by atoms with Gasteiger partial charge in [-0.3, -0.25) is 4.79 Å². The van der Waals surface area contributed by atoms with Crippen molar-refractivity contribution >= 4 is 5.91 Å². The largest absolute Gasteiger partial charge is 0.344 e. The second-order valence-corrected chi connectivity index (χ2v) is 4.61. The van der Waals surface area contributed by atoms with Crippen LogP contribution in [0, 0.1) is 5.92 Å². The fraction of sp³-hybridized carbons (Fsp3) is 0.727. The first-order valence-corrected chi connectivity index (χ1v) is 5.84. The number of carbonyl (C=O) groups is 1. The van der Waals surface area contributed by atoms with E-state index in [1.807, 2.05) is 0 Å². The van der Waals surface area contributed by atoms with E-state index >= 15 is 0 Å². The van der Waals surface area contributed by atoms with E-state index < -0.39 is 0 Å². The summed E-state index contributed by atoms with van der Waals surface area (Å²) < 4.78 is 1.52. The van der Waals surface area contributed by atoms with Crippen molar-refractivity contribution in [1.82, 2.24) is 19.9 Å². The van der Waals surface area contributed by atoms with Crippen molar-refractivity contribution in [3.8, 4) is 0 Å². The lowest BCUT2D eigenvalue weighted by Crippen LogP contribution is -2.36. The molecule has 1 atom stereocenters. The maximum absolute atomic E-state index is 11.8. The lowest BCUT2D eigenvalue weighted by molar-refractivity contribution is -0.130. The monoisotopic (exact) mass is 239 g/mol. The molecule has 1 unspecified atom stereocenters. The van der Waals surface area contributed by atoms with Gasteiger partial charge in [0, 0.05) is 25.8 Å². The molecule has 0 aliphatic carbocycles. The van der Waals surface area contributed by atoms with Crippen LogP contribution in [-0.4, -0.2) is 45.4 Å². The molecule has 0 aliphatic heterocycles. The zero-order valence-electron chi connectivity index (χ0n) is 10.7. The number of rotatable bonds is 6. The van der Waals surface area contributed by atoms with Crippen molar-refractivity contribution < 1.29 is 4.79 Å².